The molecule has 0 aliphatic carbocycles. The Kier molecular flexibility index (Phi) is 6.86. The number of halogens is 1. The Labute approximate surface area is 202 Å². The first kappa shape index (κ1) is 24.4. The number of fused-ring (bicyclic) bond motifs is 1. The van der Waals surface area contributed by atoms with Gasteiger partial charge in [0.15, 0.2) is 5.69 Å². The van der Waals surface area contributed by atoms with E-state index in [2.05, 4.69) is 15.7 Å². The highest BCUT2D eigenvalue weighted by Crippen LogP contribution is 2.26. The predicted molar refractivity (Wildman–Crippen MR) is 124 cm³/mol. The third kappa shape index (κ3) is 5.03. The Balaban J connectivity index is 1.37. The van der Waals surface area contributed by atoms with Gasteiger partial charge in [0.1, 0.15) is 17.1 Å². The Morgan fingerprint density at radius 2 is 1.91 bits per heavy atom. The number of nitrogens with one attached hydrogen (secondary N) is 2. The van der Waals surface area contributed by atoms with Crippen LogP contribution in [0.5, 0.6) is 0 Å². The molecule has 0 unspecified atom stereocenters. The number of hydrogen-bond donors (Lipinski definition) is 2. The lowest BCUT2D eigenvalue weighted by atomic mass is 9.96. The predicted octanol–water partition coefficient (Wildman–Crippen LogP) is 0.925. The lowest BCUT2D eigenvalue weighted by molar-refractivity contribution is -0.132. The van der Waals surface area contributed by atoms with Crippen LogP contribution in [-0.4, -0.2) is 75.4 Å². The molecule has 0 saturated carbocycles. The molecule has 0 radical (unpaired) electrons. The van der Waals surface area contributed by atoms with Crippen molar-refractivity contribution < 1.29 is 23.6 Å². The van der Waals surface area contributed by atoms with Gasteiger partial charge in [-0.15, -0.1) is 0 Å². The van der Waals surface area contributed by atoms with Crippen LogP contribution in [0.2, 0.25) is 0 Å². The summed E-state index contributed by atoms with van der Waals surface area (Å²) in [4.78, 5) is 53.4. The summed E-state index contributed by atoms with van der Waals surface area (Å²) in [6, 6.07) is 7.20. The molecule has 0 spiro atoms. The van der Waals surface area contributed by atoms with E-state index in [-0.39, 0.29) is 42.1 Å². The van der Waals surface area contributed by atoms with Crippen molar-refractivity contribution in [3.05, 3.63) is 53.1 Å². The number of aromatic nitrogens is 2. The largest absolute Gasteiger partial charge is 0.351 e. The fourth-order valence-electron chi connectivity index (χ4n) is 4.32. The van der Waals surface area contributed by atoms with Crippen molar-refractivity contribution in [1.29, 1.82) is 0 Å². The first-order valence-electron chi connectivity index (χ1n) is 11.6. The number of nitrogens with zero attached hydrogens (tertiary/aromatic N) is 4. The molecule has 4 rings (SSSR count). The fourth-order valence-corrected chi connectivity index (χ4v) is 4.32. The minimum atomic E-state index is -1.23. The van der Waals surface area contributed by atoms with Gasteiger partial charge >= 0.3 is 0 Å². The Hall–Kier alpha value is -3.76. The van der Waals surface area contributed by atoms with Gasteiger partial charge in [-0.05, 0) is 37.5 Å². The van der Waals surface area contributed by atoms with E-state index in [1.54, 1.807) is 24.0 Å². The van der Waals surface area contributed by atoms with Gasteiger partial charge in [0, 0.05) is 45.7 Å². The lowest BCUT2D eigenvalue weighted by Gasteiger charge is -2.40. The van der Waals surface area contributed by atoms with Crippen LogP contribution in [0.25, 0.3) is 0 Å². The number of carbonyl (C=O) groups is 4. The highest BCUT2D eigenvalue weighted by atomic mass is 19.1. The highest BCUT2D eigenvalue weighted by molar-refractivity contribution is 6.01. The fraction of sp³-hybridized carbons (Fsp3) is 0.458. The second kappa shape index (κ2) is 9.85. The standard InChI is InChI=1S/C24H29FN6O4/c1-24(23(35)27-14-16-6-8-17(25)9-7-16)15-31-19(22(34)29(24)2)13-18(28-31)21(33)26-10-4-12-30-11-3-5-20(30)32/h6-9,13H,3-5,10-12,14-15H2,1-2H3,(H,26,33)(H,27,35)/t24-/m1/s1. The maximum atomic E-state index is 13.1. The number of benzene rings is 1. The summed E-state index contributed by atoms with van der Waals surface area (Å²) in [5.74, 6) is -1.45. The first-order chi connectivity index (χ1) is 16.7. The first-order valence-corrected chi connectivity index (χ1v) is 11.6. The molecule has 186 valence electrons. The highest BCUT2D eigenvalue weighted by Gasteiger charge is 2.46. The van der Waals surface area contributed by atoms with Crippen molar-refractivity contribution in [1.82, 2.24) is 30.2 Å². The van der Waals surface area contributed by atoms with Crippen LogP contribution in [-0.2, 0) is 22.7 Å². The summed E-state index contributed by atoms with van der Waals surface area (Å²) in [6.45, 7) is 3.61. The number of likely N-dealkylation sites (tertiary alicyclic amines) is 1. The summed E-state index contributed by atoms with van der Waals surface area (Å²) in [6.07, 6.45) is 2.08. The van der Waals surface area contributed by atoms with Crippen LogP contribution in [0.4, 0.5) is 4.39 Å². The lowest BCUT2D eigenvalue weighted by Crippen LogP contribution is -2.62. The number of rotatable bonds is 8. The SMILES string of the molecule is CN1C(=O)c2cc(C(=O)NCCCN3CCCC3=O)nn2C[C@]1(C)C(=O)NCc1ccc(F)cc1. The molecule has 11 heteroatoms. The summed E-state index contributed by atoms with van der Waals surface area (Å²) in [7, 11) is 1.54. The molecular weight excluding hydrogens is 455 g/mol. The Bertz CT molecular complexity index is 1150. The molecule has 35 heavy (non-hydrogen) atoms. The summed E-state index contributed by atoms with van der Waals surface area (Å²) >= 11 is 0. The van der Waals surface area contributed by atoms with Crippen molar-refractivity contribution in [3.63, 3.8) is 0 Å². The maximum absolute atomic E-state index is 13.1. The summed E-state index contributed by atoms with van der Waals surface area (Å²) < 4.78 is 14.5. The van der Waals surface area contributed by atoms with Crippen LogP contribution in [0.1, 0.15) is 52.7 Å². The molecule has 1 aromatic carbocycles. The molecule has 1 atom stereocenters. The van der Waals surface area contributed by atoms with Crippen LogP contribution < -0.4 is 10.6 Å². The normalized spacial score (nSPS) is 19.6. The molecule has 2 N–H and O–H groups in total. The van der Waals surface area contributed by atoms with E-state index in [9.17, 15) is 23.6 Å². The molecule has 2 aromatic rings. The van der Waals surface area contributed by atoms with Gasteiger partial charge in [0.25, 0.3) is 11.8 Å². The zero-order valence-corrected chi connectivity index (χ0v) is 19.8. The molecule has 1 fully saturated rings. The molecule has 0 bridgehead atoms. The zero-order chi connectivity index (χ0) is 25.2. The van der Waals surface area contributed by atoms with Crippen LogP contribution in [0.15, 0.2) is 30.3 Å². The summed E-state index contributed by atoms with van der Waals surface area (Å²) in [5, 5.41) is 9.85. The molecule has 1 aromatic heterocycles. The molecule has 4 amide bonds. The number of likely N-dealkylation sites (N-methyl/N-ethyl adjacent to an activating group) is 1. The van der Waals surface area contributed by atoms with E-state index < -0.39 is 17.4 Å². The second-order valence-corrected chi connectivity index (χ2v) is 9.11. The van der Waals surface area contributed by atoms with E-state index in [0.29, 0.717) is 25.9 Å². The van der Waals surface area contributed by atoms with Crippen LogP contribution in [0.3, 0.4) is 0 Å². The van der Waals surface area contributed by atoms with E-state index >= 15 is 0 Å². The van der Waals surface area contributed by atoms with Crippen molar-refractivity contribution in [2.24, 2.45) is 0 Å². The van der Waals surface area contributed by atoms with Gasteiger partial charge < -0.3 is 20.4 Å². The molecule has 2 aliphatic heterocycles. The van der Waals surface area contributed by atoms with Crippen molar-refractivity contribution in [2.45, 2.75) is 44.8 Å². The van der Waals surface area contributed by atoms with Gasteiger partial charge in [-0.2, -0.15) is 5.10 Å². The zero-order valence-electron chi connectivity index (χ0n) is 19.8. The molecular formula is C24H29FN6O4. The second-order valence-electron chi connectivity index (χ2n) is 9.11. The van der Waals surface area contributed by atoms with E-state index in [1.807, 2.05) is 0 Å². The van der Waals surface area contributed by atoms with E-state index in [4.69, 9.17) is 0 Å². The molecule has 1 saturated heterocycles. The Morgan fingerprint density at radius 3 is 2.60 bits per heavy atom. The monoisotopic (exact) mass is 484 g/mol. The topological polar surface area (TPSA) is 117 Å². The van der Waals surface area contributed by atoms with Gasteiger partial charge in [0.2, 0.25) is 11.8 Å². The van der Waals surface area contributed by atoms with Gasteiger partial charge in [-0.25, -0.2) is 4.39 Å². The summed E-state index contributed by atoms with van der Waals surface area (Å²) in [5.41, 5.74) is -0.188. The van der Waals surface area contributed by atoms with Crippen LogP contribution >= 0.6 is 0 Å². The van der Waals surface area contributed by atoms with Crippen LogP contribution in [0, 0.1) is 5.82 Å². The van der Waals surface area contributed by atoms with E-state index in [0.717, 1.165) is 18.5 Å². The quantitative estimate of drug-likeness (QED) is 0.541. The van der Waals surface area contributed by atoms with Crippen molar-refractivity contribution in [2.75, 3.05) is 26.7 Å². The van der Waals surface area contributed by atoms with Crippen molar-refractivity contribution >= 4 is 23.6 Å². The minimum absolute atomic E-state index is 0.0736. The molecule has 3 heterocycles. The van der Waals surface area contributed by atoms with E-state index in [1.165, 1.54) is 34.8 Å². The maximum Gasteiger partial charge on any atom is 0.272 e. The smallest absolute Gasteiger partial charge is 0.272 e. The van der Waals surface area contributed by atoms with Gasteiger partial charge in [-0.3, -0.25) is 23.9 Å². The molecule has 2 aliphatic rings. The van der Waals surface area contributed by atoms with Gasteiger partial charge in [0.05, 0.1) is 6.54 Å². The van der Waals surface area contributed by atoms with Gasteiger partial charge in [-0.1, -0.05) is 12.1 Å². The molecule has 10 nitrogen and oxygen atoms in total. The number of carbonyl (C=O) groups excluding carboxylic acids is 4. The average Bonchev–Trinajstić information content (AvgIpc) is 3.45. The average molecular weight is 485 g/mol. The van der Waals surface area contributed by atoms with Crippen molar-refractivity contribution in [3.8, 4) is 0 Å². The third-order valence-electron chi connectivity index (χ3n) is 6.65. The third-order valence-corrected chi connectivity index (χ3v) is 6.65. The number of hydrogen-bond acceptors (Lipinski definition) is 5. The minimum Gasteiger partial charge on any atom is -0.351 e. The Morgan fingerprint density at radius 1 is 1.17 bits per heavy atom. The number of amides is 4.